The van der Waals surface area contributed by atoms with Gasteiger partial charge in [-0.3, -0.25) is 9.59 Å². The number of amides is 1. The van der Waals surface area contributed by atoms with E-state index in [-0.39, 0.29) is 29.3 Å². The van der Waals surface area contributed by atoms with Crippen LogP contribution in [0.1, 0.15) is 44.2 Å². The molecule has 2 aromatic heterocycles. The lowest BCUT2D eigenvalue weighted by Crippen LogP contribution is -2.31. The molecule has 25 heavy (non-hydrogen) atoms. The molecule has 1 aliphatic heterocycles. The summed E-state index contributed by atoms with van der Waals surface area (Å²) < 4.78 is 1.81. The van der Waals surface area contributed by atoms with E-state index in [9.17, 15) is 9.59 Å². The molecule has 0 fully saturated rings. The number of H-pyrrole nitrogens is 1. The van der Waals surface area contributed by atoms with Gasteiger partial charge in [0.15, 0.2) is 0 Å². The highest BCUT2D eigenvalue weighted by Gasteiger charge is 2.33. The number of aromatic nitrogens is 3. The van der Waals surface area contributed by atoms with Gasteiger partial charge in [0, 0.05) is 29.0 Å². The summed E-state index contributed by atoms with van der Waals surface area (Å²) in [5, 5.41) is 8.33. The molecule has 3 aromatic rings. The van der Waals surface area contributed by atoms with E-state index in [4.69, 9.17) is 0 Å². The Morgan fingerprint density at radius 2 is 1.92 bits per heavy atom. The lowest BCUT2D eigenvalue weighted by Gasteiger charge is -2.27. The molecule has 0 spiro atoms. The number of pyridine rings is 1. The van der Waals surface area contributed by atoms with Crippen LogP contribution in [0.4, 0.5) is 5.82 Å². The Labute approximate surface area is 144 Å². The third-order valence-electron chi connectivity index (χ3n) is 4.61. The number of rotatable bonds is 1. The van der Waals surface area contributed by atoms with Gasteiger partial charge in [0.25, 0.3) is 5.56 Å². The van der Waals surface area contributed by atoms with Crippen LogP contribution in [0.2, 0.25) is 0 Å². The van der Waals surface area contributed by atoms with Crippen LogP contribution in [0.3, 0.4) is 0 Å². The Morgan fingerprint density at radius 3 is 2.68 bits per heavy atom. The number of fused-ring (bicyclic) bond motifs is 2. The molecule has 0 saturated heterocycles. The van der Waals surface area contributed by atoms with E-state index in [1.807, 2.05) is 55.8 Å². The third-order valence-corrected chi connectivity index (χ3v) is 4.61. The molecule has 1 aliphatic rings. The van der Waals surface area contributed by atoms with Gasteiger partial charge >= 0.3 is 0 Å². The van der Waals surface area contributed by atoms with Crippen LogP contribution in [0.15, 0.2) is 41.3 Å². The number of nitrogens with one attached hydrogen (secondary N) is 2. The molecule has 1 amide bonds. The highest BCUT2D eigenvalue weighted by Crippen LogP contribution is 2.38. The van der Waals surface area contributed by atoms with Crippen molar-refractivity contribution >= 4 is 22.6 Å². The van der Waals surface area contributed by atoms with Gasteiger partial charge in [-0.05, 0) is 38.3 Å². The van der Waals surface area contributed by atoms with Crippen molar-refractivity contribution in [2.45, 2.75) is 38.6 Å². The van der Waals surface area contributed by atoms with Crippen LogP contribution >= 0.6 is 0 Å². The lowest BCUT2D eigenvalue weighted by molar-refractivity contribution is -0.116. The zero-order valence-corrected chi connectivity index (χ0v) is 14.5. The molecule has 2 N–H and O–H groups in total. The van der Waals surface area contributed by atoms with Crippen LogP contribution in [0.5, 0.6) is 0 Å². The smallest absolute Gasteiger partial charge is 0.252 e. The van der Waals surface area contributed by atoms with Gasteiger partial charge in [0.05, 0.1) is 11.7 Å². The van der Waals surface area contributed by atoms with Crippen molar-refractivity contribution in [1.29, 1.82) is 0 Å². The quantitative estimate of drug-likeness (QED) is 0.717. The van der Waals surface area contributed by atoms with Crippen molar-refractivity contribution in [2.24, 2.45) is 0 Å². The summed E-state index contributed by atoms with van der Waals surface area (Å²) in [6.07, 6.45) is 2.00. The summed E-state index contributed by atoms with van der Waals surface area (Å²) in [5.74, 6) is 0.283. The van der Waals surface area contributed by atoms with E-state index in [1.165, 1.54) is 0 Å². The first-order chi connectivity index (χ1) is 11.8. The van der Waals surface area contributed by atoms with Gasteiger partial charge in [-0.15, -0.1) is 0 Å². The average molecular weight is 336 g/mol. The van der Waals surface area contributed by atoms with E-state index < -0.39 is 0 Å². The Balaban J connectivity index is 1.91. The lowest BCUT2D eigenvalue weighted by atomic mass is 9.87. The van der Waals surface area contributed by atoms with Crippen molar-refractivity contribution in [1.82, 2.24) is 14.8 Å². The van der Waals surface area contributed by atoms with Crippen LogP contribution in [0.25, 0.3) is 10.9 Å². The fourth-order valence-electron chi connectivity index (χ4n) is 3.43. The number of hydrogen-bond donors (Lipinski definition) is 2. The van der Waals surface area contributed by atoms with Crippen molar-refractivity contribution in [3.05, 3.63) is 58.0 Å². The van der Waals surface area contributed by atoms with Gasteiger partial charge in [-0.1, -0.05) is 18.2 Å². The van der Waals surface area contributed by atoms with Crippen LogP contribution < -0.4 is 10.9 Å². The number of hydrogen-bond acceptors (Lipinski definition) is 3. The molecule has 0 bridgehead atoms. The summed E-state index contributed by atoms with van der Waals surface area (Å²) in [5.41, 5.74) is 1.85. The van der Waals surface area contributed by atoms with Gasteiger partial charge in [0.1, 0.15) is 5.82 Å². The summed E-state index contributed by atoms with van der Waals surface area (Å²) in [6.45, 7) is 6.08. The van der Waals surface area contributed by atoms with Gasteiger partial charge in [-0.25, -0.2) is 4.68 Å². The topological polar surface area (TPSA) is 79.8 Å². The number of benzene rings is 1. The Hall–Kier alpha value is -2.89. The fourth-order valence-corrected chi connectivity index (χ4v) is 3.43. The van der Waals surface area contributed by atoms with Gasteiger partial charge < -0.3 is 10.3 Å². The minimum Gasteiger partial charge on any atom is -0.322 e. The number of carbonyl (C=O) groups is 1. The molecule has 6 heteroatoms. The van der Waals surface area contributed by atoms with E-state index >= 15 is 0 Å². The Kier molecular flexibility index (Phi) is 3.32. The molecule has 1 aromatic carbocycles. The van der Waals surface area contributed by atoms with Crippen molar-refractivity contribution in [3.8, 4) is 0 Å². The van der Waals surface area contributed by atoms with Crippen molar-refractivity contribution < 1.29 is 4.79 Å². The Morgan fingerprint density at radius 1 is 1.16 bits per heavy atom. The zero-order valence-electron chi connectivity index (χ0n) is 14.5. The monoisotopic (exact) mass is 336 g/mol. The summed E-state index contributed by atoms with van der Waals surface area (Å²) in [6, 6.07) is 9.53. The number of anilines is 1. The first-order valence-electron chi connectivity index (χ1n) is 8.35. The molecule has 0 radical (unpaired) electrons. The van der Waals surface area contributed by atoms with Crippen LogP contribution in [0, 0.1) is 0 Å². The third kappa shape index (κ3) is 2.54. The highest BCUT2D eigenvalue weighted by atomic mass is 16.2. The van der Waals surface area contributed by atoms with Gasteiger partial charge in [-0.2, -0.15) is 5.10 Å². The van der Waals surface area contributed by atoms with Crippen LogP contribution in [-0.4, -0.2) is 20.7 Å². The largest absolute Gasteiger partial charge is 0.322 e. The molecular weight excluding hydrogens is 316 g/mol. The maximum Gasteiger partial charge on any atom is 0.252 e. The normalized spacial score (nSPS) is 17.4. The minimum absolute atomic E-state index is 0.101. The number of carbonyl (C=O) groups excluding carboxylic acids is 1. The molecular formula is C19H20N4O2. The second-order valence-corrected chi connectivity index (χ2v) is 7.48. The van der Waals surface area contributed by atoms with Crippen molar-refractivity contribution in [2.75, 3.05) is 5.32 Å². The molecule has 128 valence electrons. The molecule has 1 atom stereocenters. The number of aromatic amines is 1. The first-order valence-corrected chi connectivity index (χ1v) is 8.35. The van der Waals surface area contributed by atoms with E-state index in [1.54, 1.807) is 6.20 Å². The first kappa shape index (κ1) is 15.6. The van der Waals surface area contributed by atoms with E-state index in [0.717, 1.165) is 16.5 Å². The Bertz CT molecular complexity index is 1040. The standard InChI is InChI=1S/C19H20N4O2/c1-19(2,3)23-17-14(10-20-23)12(9-16(24)22-17)13-8-11-6-4-5-7-15(11)21-18(13)25/h4-8,10,12H,9H2,1-3H3,(H,21,25)(H,22,24)/t12-/m0/s1. The molecule has 0 saturated carbocycles. The van der Waals surface area contributed by atoms with Crippen LogP contribution in [-0.2, 0) is 10.3 Å². The van der Waals surface area contributed by atoms with Gasteiger partial charge in [0.2, 0.25) is 5.91 Å². The van der Waals surface area contributed by atoms with Crippen molar-refractivity contribution in [3.63, 3.8) is 0 Å². The zero-order chi connectivity index (χ0) is 17.8. The van der Waals surface area contributed by atoms with E-state index in [2.05, 4.69) is 15.4 Å². The summed E-state index contributed by atoms with van der Waals surface area (Å²) >= 11 is 0. The molecule has 6 nitrogen and oxygen atoms in total. The molecule has 3 heterocycles. The molecule has 4 rings (SSSR count). The SMILES string of the molecule is CC(C)(C)n1ncc2c1NC(=O)C[C@H]2c1cc2ccccc2[nH]c1=O. The van der Waals surface area contributed by atoms with E-state index in [0.29, 0.717) is 11.4 Å². The molecule has 0 aliphatic carbocycles. The second-order valence-electron chi connectivity index (χ2n) is 7.48. The minimum atomic E-state index is -0.298. The highest BCUT2D eigenvalue weighted by molar-refractivity contribution is 5.94. The maximum atomic E-state index is 12.6. The predicted octanol–water partition coefficient (Wildman–Crippen LogP) is 2.95. The summed E-state index contributed by atoms with van der Waals surface area (Å²) in [4.78, 5) is 27.9. The average Bonchev–Trinajstić information content (AvgIpc) is 2.97. The number of nitrogens with zero attached hydrogens (tertiary/aromatic N) is 2. The maximum absolute atomic E-state index is 12.6. The number of para-hydroxylation sites is 1. The predicted molar refractivity (Wildman–Crippen MR) is 96.9 cm³/mol. The second kappa shape index (κ2) is 5.31. The fraction of sp³-hybridized carbons (Fsp3) is 0.316. The summed E-state index contributed by atoms with van der Waals surface area (Å²) in [7, 11) is 0. The molecule has 0 unspecified atom stereocenters.